The molecule has 0 atom stereocenters. The van der Waals surface area contributed by atoms with Crippen LogP contribution >= 0.6 is 11.6 Å². The molecule has 0 saturated carbocycles. The molecule has 0 aliphatic heterocycles. The fraction of sp³-hybridized carbons (Fsp3) is 0.333. The van der Waals surface area contributed by atoms with Crippen molar-refractivity contribution in [3.05, 3.63) is 41.0 Å². The van der Waals surface area contributed by atoms with Crippen molar-refractivity contribution in [2.75, 3.05) is 17.2 Å². The molecule has 0 unspecified atom stereocenters. The molecule has 2 aromatic rings. The Hall–Kier alpha value is -2.02. The van der Waals surface area contributed by atoms with E-state index in [4.69, 9.17) is 11.6 Å². The van der Waals surface area contributed by atoms with Crippen LogP contribution in [0.5, 0.6) is 0 Å². The van der Waals surface area contributed by atoms with Gasteiger partial charge in [0.2, 0.25) is 5.95 Å². The van der Waals surface area contributed by atoms with Crippen molar-refractivity contribution in [1.82, 2.24) is 9.97 Å². The number of nitrogens with one attached hydrogen (secondary N) is 2. The van der Waals surface area contributed by atoms with Gasteiger partial charge in [-0.25, -0.2) is 4.98 Å². The summed E-state index contributed by atoms with van der Waals surface area (Å²) in [6, 6.07) is 5.16. The summed E-state index contributed by atoms with van der Waals surface area (Å²) in [4.78, 5) is 8.10. The van der Waals surface area contributed by atoms with Gasteiger partial charge in [-0.15, -0.1) is 0 Å². The first-order chi connectivity index (χ1) is 10.9. The minimum Gasteiger partial charge on any atom is -0.370 e. The van der Waals surface area contributed by atoms with Crippen molar-refractivity contribution in [2.24, 2.45) is 0 Å². The molecule has 4 nitrogen and oxygen atoms in total. The highest BCUT2D eigenvalue weighted by Gasteiger charge is 2.34. The van der Waals surface area contributed by atoms with Gasteiger partial charge >= 0.3 is 6.18 Å². The van der Waals surface area contributed by atoms with Crippen molar-refractivity contribution in [1.29, 1.82) is 0 Å². The molecule has 2 rings (SSSR count). The molecule has 0 aliphatic carbocycles. The third kappa shape index (κ3) is 4.99. The van der Waals surface area contributed by atoms with E-state index in [9.17, 15) is 13.2 Å². The molecule has 8 heteroatoms. The number of rotatable bonds is 6. The van der Waals surface area contributed by atoms with E-state index in [1.54, 1.807) is 6.07 Å². The molecular formula is C15H16ClF3N4. The summed E-state index contributed by atoms with van der Waals surface area (Å²) in [6.07, 6.45) is -1.04. The Morgan fingerprint density at radius 3 is 2.70 bits per heavy atom. The monoisotopic (exact) mass is 344 g/mol. The largest absolute Gasteiger partial charge is 0.418 e. The lowest BCUT2D eigenvalue weighted by Gasteiger charge is -2.14. The van der Waals surface area contributed by atoms with Crippen LogP contribution in [0.3, 0.4) is 0 Å². The molecular weight excluding hydrogens is 329 g/mol. The Bertz CT molecular complexity index is 661. The summed E-state index contributed by atoms with van der Waals surface area (Å²) in [7, 11) is 0. The van der Waals surface area contributed by atoms with E-state index < -0.39 is 11.7 Å². The highest BCUT2D eigenvalue weighted by Crippen LogP contribution is 2.37. The van der Waals surface area contributed by atoms with Crippen molar-refractivity contribution in [2.45, 2.75) is 25.9 Å². The Morgan fingerprint density at radius 1 is 1.22 bits per heavy atom. The molecule has 23 heavy (non-hydrogen) atoms. The van der Waals surface area contributed by atoms with E-state index in [0.29, 0.717) is 5.82 Å². The van der Waals surface area contributed by atoms with E-state index in [-0.39, 0.29) is 16.7 Å². The molecule has 0 spiro atoms. The van der Waals surface area contributed by atoms with Gasteiger partial charge in [0.25, 0.3) is 0 Å². The van der Waals surface area contributed by atoms with Crippen molar-refractivity contribution in [3.8, 4) is 0 Å². The van der Waals surface area contributed by atoms with Crippen LogP contribution in [-0.2, 0) is 6.18 Å². The van der Waals surface area contributed by atoms with Gasteiger partial charge in [0.05, 0.1) is 11.3 Å². The highest BCUT2D eigenvalue weighted by atomic mass is 35.5. The number of aromatic nitrogens is 2. The zero-order valence-corrected chi connectivity index (χ0v) is 13.2. The Labute approximate surface area is 137 Å². The van der Waals surface area contributed by atoms with Crippen LogP contribution in [0.15, 0.2) is 30.5 Å². The first kappa shape index (κ1) is 17.3. The zero-order valence-electron chi connectivity index (χ0n) is 12.4. The minimum atomic E-state index is -4.52. The topological polar surface area (TPSA) is 49.8 Å². The molecule has 0 saturated heterocycles. The summed E-state index contributed by atoms with van der Waals surface area (Å²) < 4.78 is 39.2. The Morgan fingerprint density at radius 2 is 2.00 bits per heavy atom. The number of hydrogen-bond acceptors (Lipinski definition) is 4. The summed E-state index contributed by atoms with van der Waals surface area (Å²) in [5.74, 6) is 0.637. The predicted octanol–water partition coefficient (Wildman–Crippen LogP) is 5.10. The van der Waals surface area contributed by atoms with Gasteiger partial charge in [-0.05, 0) is 30.7 Å². The second-order valence-electron chi connectivity index (χ2n) is 4.86. The predicted molar refractivity (Wildman–Crippen MR) is 85.2 cm³/mol. The van der Waals surface area contributed by atoms with Gasteiger partial charge in [-0.1, -0.05) is 24.9 Å². The molecule has 1 aromatic heterocycles. The summed E-state index contributed by atoms with van der Waals surface area (Å²) in [5, 5.41) is 5.70. The highest BCUT2D eigenvalue weighted by molar-refractivity contribution is 6.30. The van der Waals surface area contributed by atoms with E-state index in [2.05, 4.69) is 27.5 Å². The fourth-order valence-corrected chi connectivity index (χ4v) is 2.06. The Kier molecular flexibility index (Phi) is 5.65. The van der Waals surface area contributed by atoms with Crippen LogP contribution in [0.2, 0.25) is 5.02 Å². The minimum absolute atomic E-state index is 0.0128. The third-order valence-electron chi connectivity index (χ3n) is 3.03. The quantitative estimate of drug-likeness (QED) is 0.715. The molecule has 1 heterocycles. The van der Waals surface area contributed by atoms with Gasteiger partial charge in [-0.3, -0.25) is 0 Å². The fourth-order valence-electron chi connectivity index (χ4n) is 1.89. The second-order valence-corrected chi connectivity index (χ2v) is 5.29. The van der Waals surface area contributed by atoms with Gasteiger partial charge in [0.15, 0.2) is 0 Å². The van der Waals surface area contributed by atoms with E-state index in [1.165, 1.54) is 18.3 Å². The van der Waals surface area contributed by atoms with Crippen molar-refractivity contribution in [3.63, 3.8) is 0 Å². The average Bonchev–Trinajstić information content (AvgIpc) is 2.49. The molecule has 0 radical (unpaired) electrons. The number of benzene rings is 1. The lowest BCUT2D eigenvalue weighted by atomic mass is 10.1. The third-order valence-corrected chi connectivity index (χ3v) is 3.26. The van der Waals surface area contributed by atoms with Gasteiger partial charge in [0.1, 0.15) is 5.82 Å². The van der Waals surface area contributed by atoms with Crippen LogP contribution < -0.4 is 10.6 Å². The van der Waals surface area contributed by atoms with Crippen LogP contribution in [0.4, 0.5) is 30.6 Å². The average molecular weight is 345 g/mol. The molecule has 0 bridgehead atoms. The maximum absolute atomic E-state index is 13.1. The van der Waals surface area contributed by atoms with Gasteiger partial charge in [0, 0.05) is 17.8 Å². The SMILES string of the molecule is CCCCNc1ccnc(Nc2ccc(Cl)cc2C(F)(F)F)n1. The van der Waals surface area contributed by atoms with Crippen LogP contribution in [-0.4, -0.2) is 16.5 Å². The van der Waals surface area contributed by atoms with E-state index in [0.717, 1.165) is 25.5 Å². The summed E-state index contributed by atoms with van der Waals surface area (Å²) in [5.41, 5.74) is -1.01. The van der Waals surface area contributed by atoms with Crippen LogP contribution in [0.25, 0.3) is 0 Å². The maximum Gasteiger partial charge on any atom is 0.418 e. The first-order valence-electron chi connectivity index (χ1n) is 7.11. The molecule has 0 amide bonds. The molecule has 2 N–H and O–H groups in total. The normalized spacial score (nSPS) is 11.3. The van der Waals surface area contributed by atoms with E-state index in [1.807, 2.05) is 0 Å². The number of unbranched alkanes of at least 4 members (excludes halogenated alkanes) is 1. The number of alkyl halides is 3. The molecule has 0 aliphatic rings. The van der Waals surface area contributed by atoms with Crippen molar-refractivity contribution >= 4 is 29.1 Å². The summed E-state index contributed by atoms with van der Waals surface area (Å²) >= 11 is 5.65. The van der Waals surface area contributed by atoms with Crippen LogP contribution in [0, 0.1) is 0 Å². The lowest BCUT2D eigenvalue weighted by molar-refractivity contribution is -0.136. The standard InChI is InChI=1S/C15H16ClF3N4/c1-2-3-7-20-13-6-8-21-14(23-13)22-12-5-4-10(16)9-11(12)15(17,18)19/h4-6,8-9H,2-3,7H2,1H3,(H2,20,21,22,23). The maximum atomic E-state index is 13.1. The van der Waals surface area contributed by atoms with Crippen molar-refractivity contribution < 1.29 is 13.2 Å². The van der Waals surface area contributed by atoms with Crippen LogP contribution in [0.1, 0.15) is 25.3 Å². The number of anilines is 3. The van der Waals surface area contributed by atoms with Gasteiger partial charge in [-0.2, -0.15) is 18.2 Å². The zero-order chi connectivity index (χ0) is 16.9. The number of halogens is 4. The second kappa shape index (κ2) is 7.50. The first-order valence-corrected chi connectivity index (χ1v) is 7.48. The molecule has 124 valence electrons. The smallest absolute Gasteiger partial charge is 0.370 e. The van der Waals surface area contributed by atoms with E-state index >= 15 is 0 Å². The van der Waals surface area contributed by atoms with Gasteiger partial charge < -0.3 is 10.6 Å². The number of hydrogen-bond donors (Lipinski definition) is 2. The molecule has 1 aromatic carbocycles. The number of nitrogens with zero attached hydrogens (tertiary/aromatic N) is 2. The summed E-state index contributed by atoms with van der Waals surface area (Å²) in [6.45, 7) is 2.80. The molecule has 0 fully saturated rings. The lowest BCUT2D eigenvalue weighted by Crippen LogP contribution is -2.10. The Balaban J connectivity index is 2.21.